The van der Waals surface area contributed by atoms with Gasteiger partial charge >= 0.3 is 0 Å². The van der Waals surface area contributed by atoms with Gasteiger partial charge in [0.05, 0.1) is 5.41 Å². The zero-order chi connectivity index (χ0) is 20.4. The van der Waals surface area contributed by atoms with E-state index in [2.05, 4.69) is 29.2 Å². The lowest BCUT2D eigenvalue weighted by atomic mass is 9.73. The Morgan fingerprint density at radius 1 is 1.14 bits per heavy atom. The predicted molar refractivity (Wildman–Crippen MR) is 113 cm³/mol. The largest absolute Gasteiger partial charge is 0.348 e. The van der Waals surface area contributed by atoms with Crippen molar-refractivity contribution in [3.8, 4) is 11.1 Å². The average Bonchev–Trinajstić information content (AvgIpc) is 3.59. The van der Waals surface area contributed by atoms with Crippen LogP contribution in [0.2, 0.25) is 0 Å². The quantitative estimate of drug-likeness (QED) is 0.785. The van der Waals surface area contributed by atoms with Crippen LogP contribution in [0.5, 0.6) is 0 Å². The molecule has 5 heteroatoms. The maximum Gasteiger partial charge on any atom is 0.230 e. The molecule has 29 heavy (non-hydrogen) atoms. The summed E-state index contributed by atoms with van der Waals surface area (Å²) in [5.74, 6) is 0.557. The highest BCUT2D eigenvalue weighted by Gasteiger charge is 2.46. The number of pyridine rings is 1. The molecule has 0 spiro atoms. The first-order chi connectivity index (χ1) is 14.0. The van der Waals surface area contributed by atoms with E-state index in [9.17, 15) is 9.59 Å². The Hall–Kier alpha value is -2.69. The van der Waals surface area contributed by atoms with Crippen molar-refractivity contribution in [2.45, 2.75) is 32.1 Å². The molecule has 2 aliphatic rings. The van der Waals surface area contributed by atoms with E-state index in [-0.39, 0.29) is 17.7 Å². The molecule has 2 heterocycles. The van der Waals surface area contributed by atoms with Crippen LogP contribution in [0.15, 0.2) is 48.8 Å². The van der Waals surface area contributed by atoms with Gasteiger partial charge in [-0.1, -0.05) is 24.3 Å². The third kappa shape index (κ3) is 4.19. The molecule has 1 aromatic carbocycles. The van der Waals surface area contributed by atoms with Crippen LogP contribution in [0.4, 0.5) is 0 Å². The second-order valence-corrected chi connectivity index (χ2v) is 8.73. The van der Waals surface area contributed by atoms with Crippen molar-refractivity contribution in [3.63, 3.8) is 0 Å². The number of carbonyl (C=O) groups is 2. The molecule has 2 fully saturated rings. The van der Waals surface area contributed by atoms with E-state index < -0.39 is 5.41 Å². The summed E-state index contributed by atoms with van der Waals surface area (Å²) in [7, 11) is 3.64. The average molecular weight is 392 g/mol. The van der Waals surface area contributed by atoms with E-state index in [4.69, 9.17) is 0 Å². The normalized spacial score (nSPS) is 21.7. The highest BCUT2D eigenvalue weighted by Crippen LogP contribution is 2.39. The summed E-state index contributed by atoms with van der Waals surface area (Å²) in [5.41, 5.74) is 2.82. The fourth-order valence-corrected chi connectivity index (χ4v) is 4.57. The van der Waals surface area contributed by atoms with Crippen molar-refractivity contribution in [2.24, 2.45) is 11.3 Å². The van der Waals surface area contributed by atoms with Crippen LogP contribution in [-0.4, -0.2) is 53.8 Å². The number of benzene rings is 1. The van der Waals surface area contributed by atoms with Gasteiger partial charge in [-0.3, -0.25) is 14.6 Å². The number of nitrogens with zero attached hydrogens (tertiary/aromatic N) is 3. The summed E-state index contributed by atoms with van der Waals surface area (Å²) in [5, 5.41) is 0. The number of piperidine rings is 1. The maximum atomic E-state index is 13.3. The molecule has 0 N–H and O–H groups in total. The Kier molecular flexibility index (Phi) is 5.39. The second-order valence-electron chi connectivity index (χ2n) is 8.73. The van der Waals surface area contributed by atoms with Crippen molar-refractivity contribution in [1.82, 2.24) is 14.8 Å². The van der Waals surface area contributed by atoms with Gasteiger partial charge in [0.2, 0.25) is 11.8 Å². The second kappa shape index (κ2) is 7.97. The van der Waals surface area contributed by atoms with Crippen LogP contribution in [0.1, 0.15) is 31.2 Å². The van der Waals surface area contributed by atoms with Crippen molar-refractivity contribution in [2.75, 3.05) is 27.2 Å². The summed E-state index contributed by atoms with van der Waals surface area (Å²) >= 11 is 0. The summed E-state index contributed by atoms with van der Waals surface area (Å²) in [6.07, 6.45) is 7.93. The number of carbonyl (C=O) groups excluding carboxylic acids is 2. The van der Waals surface area contributed by atoms with E-state index in [0.717, 1.165) is 48.9 Å². The van der Waals surface area contributed by atoms with Crippen LogP contribution in [-0.2, 0) is 16.0 Å². The fraction of sp³-hybridized carbons (Fsp3) is 0.458. The maximum absolute atomic E-state index is 13.3. The van der Waals surface area contributed by atoms with E-state index in [0.29, 0.717) is 13.0 Å². The van der Waals surface area contributed by atoms with Crippen molar-refractivity contribution in [3.05, 3.63) is 54.4 Å². The van der Waals surface area contributed by atoms with Crippen LogP contribution >= 0.6 is 0 Å². The number of likely N-dealkylation sites (tertiary alicyclic amines) is 1. The first kappa shape index (κ1) is 19.6. The molecular weight excluding hydrogens is 362 g/mol. The van der Waals surface area contributed by atoms with Gasteiger partial charge in [0.15, 0.2) is 0 Å². The standard InChI is InChI=1S/C24H29N3O2/c1-26(2)23(29)24(11-4-14-27(17-24)22(28)20-7-8-20)16-18-5-3-6-21(15-18)19-9-12-25-13-10-19/h3,5-6,9-10,12-13,15,20H,4,7-8,11,14,16-17H2,1-2H3. The Morgan fingerprint density at radius 2 is 1.90 bits per heavy atom. The number of rotatable bonds is 5. The summed E-state index contributed by atoms with van der Waals surface area (Å²) in [6, 6.07) is 12.4. The van der Waals surface area contributed by atoms with Gasteiger partial charge in [-0.2, -0.15) is 0 Å². The van der Waals surface area contributed by atoms with Crippen LogP contribution in [0.3, 0.4) is 0 Å². The molecule has 4 rings (SSSR count). The molecule has 0 bridgehead atoms. The smallest absolute Gasteiger partial charge is 0.230 e. The number of amides is 2. The number of hydrogen-bond acceptors (Lipinski definition) is 3. The Balaban J connectivity index is 1.62. The van der Waals surface area contributed by atoms with E-state index >= 15 is 0 Å². The molecule has 2 amide bonds. The minimum Gasteiger partial charge on any atom is -0.348 e. The van der Waals surface area contributed by atoms with E-state index in [1.807, 2.05) is 31.1 Å². The van der Waals surface area contributed by atoms with Gasteiger partial charge in [-0.05, 0) is 60.9 Å². The van der Waals surface area contributed by atoms with Gasteiger partial charge in [-0.15, -0.1) is 0 Å². The topological polar surface area (TPSA) is 53.5 Å². The summed E-state index contributed by atoms with van der Waals surface area (Å²) in [4.78, 5) is 33.8. The lowest BCUT2D eigenvalue weighted by molar-refractivity contribution is -0.147. The Morgan fingerprint density at radius 3 is 2.59 bits per heavy atom. The van der Waals surface area contributed by atoms with Gasteiger partial charge < -0.3 is 9.80 Å². The molecule has 1 aliphatic carbocycles. The summed E-state index contributed by atoms with van der Waals surface area (Å²) < 4.78 is 0. The van der Waals surface area contributed by atoms with Gasteiger partial charge in [0.1, 0.15) is 0 Å². The number of aromatic nitrogens is 1. The molecule has 1 aliphatic heterocycles. The number of hydrogen-bond donors (Lipinski definition) is 0. The zero-order valence-corrected chi connectivity index (χ0v) is 17.3. The molecular formula is C24H29N3O2. The molecule has 1 atom stereocenters. The van der Waals surface area contributed by atoms with Crippen molar-refractivity contribution < 1.29 is 9.59 Å². The highest BCUT2D eigenvalue weighted by molar-refractivity contribution is 5.86. The van der Waals surface area contributed by atoms with Crippen LogP contribution in [0.25, 0.3) is 11.1 Å². The molecule has 5 nitrogen and oxygen atoms in total. The first-order valence-corrected chi connectivity index (χ1v) is 10.5. The fourth-order valence-electron chi connectivity index (χ4n) is 4.57. The molecule has 152 valence electrons. The summed E-state index contributed by atoms with van der Waals surface area (Å²) in [6.45, 7) is 1.30. The molecule has 1 saturated heterocycles. The first-order valence-electron chi connectivity index (χ1n) is 10.5. The molecule has 1 unspecified atom stereocenters. The SMILES string of the molecule is CN(C)C(=O)C1(Cc2cccc(-c3ccncc3)c2)CCCN(C(=O)C2CC2)C1. The molecule has 0 radical (unpaired) electrons. The highest BCUT2D eigenvalue weighted by atomic mass is 16.2. The van der Waals surface area contributed by atoms with Gasteiger partial charge in [0, 0.05) is 45.5 Å². The van der Waals surface area contributed by atoms with E-state index in [1.165, 1.54) is 0 Å². The van der Waals surface area contributed by atoms with Crippen LogP contribution in [0, 0.1) is 11.3 Å². The van der Waals surface area contributed by atoms with Crippen molar-refractivity contribution >= 4 is 11.8 Å². The lowest BCUT2D eigenvalue weighted by Gasteiger charge is -2.43. The van der Waals surface area contributed by atoms with Crippen LogP contribution < -0.4 is 0 Å². The third-order valence-electron chi connectivity index (χ3n) is 6.16. The Labute approximate surface area is 172 Å². The minimum atomic E-state index is -0.552. The van der Waals surface area contributed by atoms with E-state index in [1.54, 1.807) is 17.3 Å². The molecule has 2 aromatic rings. The zero-order valence-electron chi connectivity index (χ0n) is 17.3. The van der Waals surface area contributed by atoms with Gasteiger partial charge in [0.25, 0.3) is 0 Å². The molecule has 1 aromatic heterocycles. The Bertz CT molecular complexity index is 892. The monoisotopic (exact) mass is 391 g/mol. The van der Waals surface area contributed by atoms with Crippen molar-refractivity contribution in [1.29, 1.82) is 0 Å². The molecule has 1 saturated carbocycles. The van der Waals surface area contributed by atoms with Gasteiger partial charge in [-0.25, -0.2) is 0 Å². The predicted octanol–water partition coefficient (Wildman–Crippen LogP) is 3.40. The lowest BCUT2D eigenvalue weighted by Crippen LogP contribution is -2.54. The third-order valence-corrected chi connectivity index (χ3v) is 6.16. The minimum absolute atomic E-state index is 0.125.